The SMILES string of the molecule is C=C(C)C1=C(N(CC(=O)N(CCN)Cc2ccc(-c3ccc(C(F)(F)F)cc3)nc2)C(=C)SCc2ccc(F)cc2)CCC1. The van der Waals surface area contributed by atoms with E-state index in [1.807, 2.05) is 17.9 Å². The van der Waals surface area contributed by atoms with Crippen LogP contribution in [-0.2, 0) is 23.3 Å². The molecule has 0 fully saturated rings. The maximum atomic E-state index is 13.8. The average Bonchev–Trinajstić information content (AvgIpc) is 3.49. The van der Waals surface area contributed by atoms with Crippen molar-refractivity contribution >= 4 is 17.7 Å². The molecule has 1 amide bonds. The van der Waals surface area contributed by atoms with Gasteiger partial charge in [0.2, 0.25) is 5.91 Å². The van der Waals surface area contributed by atoms with Crippen molar-refractivity contribution in [1.82, 2.24) is 14.8 Å². The molecule has 0 radical (unpaired) electrons. The molecule has 0 atom stereocenters. The van der Waals surface area contributed by atoms with Crippen LogP contribution >= 0.6 is 11.8 Å². The Morgan fingerprint density at radius 3 is 2.27 bits per heavy atom. The highest BCUT2D eigenvalue weighted by molar-refractivity contribution is 8.02. The summed E-state index contributed by atoms with van der Waals surface area (Å²) in [5.41, 5.74) is 11.1. The number of aromatic nitrogens is 1. The predicted molar refractivity (Wildman–Crippen MR) is 168 cm³/mol. The molecular formula is C34H36F4N4OS. The van der Waals surface area contributed by atoms with Crippen LogP contribution in [0.4, 0.5) is 17.6 Å². The standard InChI is InChI=1S/C34H36F4N4OS/c1-23(2)30-5-4-6-32(30)42(24(3)44-22-25-7-14-29(35)15-8-25)21-33(43)41(18-17-39)20-26-9-16-31(40-19-26)27-10-12-28(13-11-27)34(36,37)38/h7-16,19H,1,3-6,17-18,20-22,39H2,2H3. The van der Waals surface area contributed by atoms with E-state index in [4.69, 9.17) is 5.73 Å². The number of alkyl halides is 3. The highest BCUT2D eigenvalue weighted by atomic mass is 32.2. The van der Waals surface area contributed by atoms with Crippen molar-refractivity contribution < 1.29 is 22.4 Å². The van der Waals surface area contributed by atoms with Gasteiger partial charge >= 0.3 is 6.18 Å². The number of carbonyl (C=O) groups excluding carboxylic acids is 1. The van der Waals surface area contributed by atoms with Crippen LogP contribution in [0.5, 0.6) is 0 Å². The molecule has 0 bridgehead atoms. The second-order valence-electron chi connectivity index (χ2n) is 10.7. The molecule has 0 spiro atoms. The highest BCUT2D eigenvalue weighted by Crippen LogP contribution is 2.37. The Morgan fingerprint density at radius 2 is 1.68 bits per heavy atom. The molecule has 1 aliphatic carbocycles. The number of nitrogens with zero attached hydrogens (tertiary/aromatic N) is 3. The molecule has 4 rings (SSSR count). The third kappa shape index (κ3) is 8.60. The lowest BCUT2D eigenvalue weighted by Gasteiger charge is -2.31. The molecule has 2 N–H and O–H groups in total. The molecule has 44 heavy (non-hydrogen) atoms. The van der Waals surface area contributed by atoms with Crippen molar-refractivity contribution in [2.45, 2.75) is 44.7 Å². The fourth-order valence-electron chi connectivity index (χ4n) is 5.07. The van der Waals surface area contributed by atoms with Crippen molar-refractivity contribution in [1.29, 1.82) is 0 Å². The first kappa shape index (κ1) is 33.0. The van der Waals surface area contributed by atoms with Gasteiger partial charge in [0, 0.05) is 42.8 Å². The number of allylic oxidation sites excluding steroid dienone is 3. The number of carbonyl (C=O) groups is 1. The van der Waals surface area contributed by atoms with Crippen molar-refractivity contribution in [2.75, 3.05) is 19.6 Å². The van der Waals surface area contributed by atoms with Crippen molar-refractivity contribution in [3.05, 3.63) is 124 Å². The monoisotopic (exact) mass is 624 g/mol. The topological polar surface area (TPSA) is 62.5 Å². The van der Waals surface area contributed by atoms with Gasteiger partial charge in [-0.25, -0.2) is 4.39 Å². The van der Waals surface area contributed by atoms with E-state index in [0.717, 1.165) is 59.4 Å². The third-order valence-corrected chi connectivity index (χ3v) is 8.43. The first-order valence-electron chi connectivity index (χ1n) is 14.3. The first-order valence-corrected chi connectivity index (χ1v) is 15.3. The number of amides is 1. The second-order valence-corrected chi connectivity index (χ2v) is 11.7. The largest absolute Gasteiger partial charge is 0.416 e. The summed E-state index contributed by atoms with van der Waals surface area (Å²) in [6, 6.07) is 14.7. The van der Waals surface area contributed by atoms with Gasteiger partial charge in [0.05, 0.1) is 16.3 Å². The lowest BCUT2D eigenvalue weighted by Crippen LogP contribution is -2.41. The normalized spacial score (nSPS) is 13.2. The fourth-order valence-corrected chi connectivity index (χ4v) is 5.92. The average molecular weight is 625 g/mol. The third-order valence-electron chi connectivity index (χ3n) is 7.40. The molecule has 0 saturated heterocycles. The number of halogens is 4. The molecule has 0 aliphatic heterocycles. The zero-order chi connectivity index (χ0) is 31.9. The quantitative estimate of drug-likeness (QED) is 0.196. The summed E-state index contributed by atoms with van der Waals surface area (Å²) in [4.78, 5) is 21.9. The van der Waals surface area contributed by atoms with E-state index in [-0.39, 0.29) is 31.4 Å². The highest BCUT2D eigenvalue weighted by Gasteiger charge is 2.30. The van der Waals surface area contributed by atoms with Crippen LogP contribution in [0.2, 0.25) is 0 Å². The van der Waals surface area contributed by atoms with Crippen LogP contribution in [0.3, 0.4) is 0 Å². The van der Waals surface area contributed by atoms with Gasteiger partial charge in [-0.05, 0) is 73.2 Å². The maximum Gasteiger partial charge on any atom is 0.416 e. The summed E-state index contributed by atoms with van der Waals surface area (Å²) in [5, 5.41) is 0.716. The Labute approximate surface area is 260 Å². The van der Waals surface area contributed by atoms with Crippen molar-refractivity contribution in [3.8, 4) is 11.3 Å². The summed E-state index contributed by atoms with van der Waals surface area (Å²) < 4.78 is 52.2. The number of benzene rings is 2. The Balaban J connectivity index is 1.49. The molecule has 3 aromatic rings. The molecule has 0 unspecified atom stereocenters. The number of pyridine rings is 1. The summed E-state index contributed by atoms with van der Waals surface area (Å²) in [6.07, 6.45) is -0.135. The lowest BCUT2D eigenvalue weighted by molar-refractivity contribution is -0.137. The van der Waals surface area contributed by atoms with E-state index in [9.17, 15) is 22.4 Å². The smallest absolute Gasteiger partial charge is 0.335 e. The zero-order valence-electron chi connectivity index (χ0n) is 24.7. The number of hydrogen-bond donors (Lipinski definition) is 1. The molecule has 1 heterocycles. The fraction of sp³-hybridized carbons (Fsp3) is 0.294. The number of rotatable bonds is 13. The number of hydrogen-bond acceptors (Lipinski definition) is 5. The molecule has 1 aliphatic rings. The van der Waals surface area contributed by atoms with Gasteiger partial charge in [0.1, 0.15) is 12.4 Å². The minimum atomic E-state index is -4.40. The van der Waals surface area contributed by atoms with Crippen LogP contribution in [0.15, 0.2) is 102 Å². The Morgan fingerprint density at radius 1 is 1.00 bits per heavy atom. The molecule has 5 nitrogen and oxygen atoms in total. The lowest BCUT2D eigenvalue weighted by atomic mass is 10.1. The van der Waals surface area contributed by atoms with Crippen molar-refractivity contribution in [3.63, 3.8) is 0 Å². The van der Waals surface area contributed by atoms with Gasteiger partial charge in [-0.2, -0.15) is 13.2 Å². The van der Waals surface area contributed by atoms with Crippen LogP contribution in [0.1, 0.15) is 42.9 Å². The molecule has 10 heteroatoms. The summed E-state index contributed by atoms with van der Waals surface area (Å²) >= 11 is 1.49. The van der Waals surface area contributed by atoms with Gasteiger partial charge in [-0.1, -0.05) is 49.1 Å². The van der Waals surface area contributed by atoms with E-state index in [0.29, 0.717) is 28.6 Å². The van der Waals surface area contributed by atoms with Crippen LogP contribution in [-0.4, -0.2) is 40.3 Å². The van der Waals surface area contributed by atoms with E-state index in [1.165, 1.54) is 36.0 Å². The summed E-state index contributed by atoms with van der Waals surface area (Å²) in [7, 11) is 0. The first-order chi connectivity index (χ1) is 21.0. The van der Waals surface area contributed by atoms with Gasteiger partial charge in [-0.3, -0.25) is 9.78 Å². The number of nitrogens with two attached hydrogens (primary N) is 1. The predicted octanol–water partition coefficient (Wildman–Crippen LogP) is 7.91. The molecule has 2 aromatic carbocycles. The zero-order valence-corrected chi connectivity index (χ0v) is 25.5. The second kappa shape index (κ2) is 14.7. The van der Waals surface area contributed by atoms with E-state index < -0.39 is 11.7 Å². The molecule has 0 saturated carbocycles. The van der Waals surface area contributed by atoms with E-state index in [1.54, 1.807) is 29.3 Å². The summed E-state index contributed by atoms with van der Waals surface area (Å²) in [5.74, 6) is 0.144. The van der Waals surface area contributed by atoms with Gasteiger partial charge < -0.3 is 15.5 Å². The van der Waals surface area contributed by atoms with E-state index in [2.05, 4.69) is 18.1 Å². The van der Waals surface area contributed by atoms with Crippen molar-refractivity contribution in [2.24, 2.45) is 5.73 Å². The maximum absolute atomic E-state index is 13.8. The number of thioether (sulfide) groups is 1. The van der Waals surface area contributed by atoms with Crippen LogP contribution in [0.25, 0.3) is 11.3 Å². The van der Waals surface area contributed by atoms with E-state index >= 15 is 0 Å². The van der Waals surface area contributed by atoms with Gasteiger partial charge in [-0.15, -0.1) is 11.8 Å². The Bertz CT molecular complexity index is 1500. The minimum Gasteiger partial charge on any atom is -0.335 e. The Kier molecular flexibility index (Phi) is 11.0. The van der Waals surface area contributed by atoms with Crippen LogP contribution in [0, 0.1) is 5.82 Å². The Hall–Kier alpha value is -3.89. The summed E-state index contributed by atoms with van der Waals surface area (Å²) in [6.45, 7) is 11.4. The van der Waals surface area contributed by atoms with Crippen LogP contribution < -0.4 is 5.73 Å². The van der Waals surface area contributed by atoms with Gasteiger partial charge in [0.25, 0.3) is 0 Å². The molecular weight excluding hydrogens is 588 g/mol. The van der Waals surface area contributed by atoms with Gasteiger partial charge in [0.15, 0.2) is 0 Å². The molecule has 232 valence electrons. The minimum absolute atomic E-state index is 0.0679. The molecule has 1 aromatic heterocycles.